The summed E-state index contributed by atoms with van der Waals surface area (Å²) in [6.45, 7) is 21.6. The van der Waals surface area contributed by atoms with Crippen molar-refractivity contribution < 1.29 is 77.2 Å². The molecule has 6 rings (SSSR count). The van der Waals surface area contributed by atoms with Gasteiger partial charge >= 0.3 is 12.1 Å². The minimum Gasteiger partial charge on any atom is -0.460 e. The van der Waals surface area contributed by atoms with Crippen LogP contribution in [0.2, 0.25) is 0 Å². The molecule has 1 saturated carbocycles. The molecule has 5 fully saturated rings. The number of carbonyl (C=O) groups is 5. The number of ketones is 2. The largest absolute Gasteiger partial charge is 0.460 e. The van der Waals surface area contributed by atoms with Crippen molar-refractivity contribution in [3.05, 3.63) is 47.6 Å². The van der Waals surface area contributed by atoms with Gasteiger partial charge in [-0.1, -0.05) is 78.0 Å². The highest BCUT2D eigenvalue weighted by molar-refractivity contribution is 6.39. The number of amides is 2. The number of nitrogens with zero attached hydrogens (tertiary/aromatic N) is 3. The Bertz CT molecular complexity index is 2280. The van der Waals surface area contributed by atoms with Gasteiger partial charge in [0.25, 0.3) is 11.7 Å². The van der Waals surface area contributed by atoms with Gasteiger partial charge in [-0.25, -0.2) is 9.59 Å². The molecule has 0 unspecified atom stereocenters. The van der Waals surface area contributed by atoms with E-state index in [0.717, 1.165) is 31.8 Å². The molecule has 0 spiro atoms. The standard InChI is InChI=1S/C65H106N4O16/c1-12-67-39-50-36-49(67)40-68(50)27-29-82-31-30-81-28-25-66-64(76)84-54-24-22-48(35-57(54)79-10)34-44(5)56-38-53(70)43(4)33-46(7)59(72)60(80-11)58(71)45(6)32-41(2)18-14-13-15-19-42(3)55(78-9)37-51-23-21-47(8)65(77,85-51)61(73)62(74)69-26-17-16-20-52(69)63(75)83-56/h13-15,18-19,33,41,43-45,47-57,59-60,70,72,77H,12,16-17,20-32,34-40H2,1-11H3,(H,66,76)/b15-13+,18-14+,42-19+,46-33+/t41-,43-,44-,45-,47-,48+,49+,50+,51+,52+,53-,54-,55+,56+,57-,59-,60+,65-/m1/s1. The van der Waals surface area contributed by atoms with Crippen molar-refractivity contribution in [1.82, 2.24) is 20.0 Å². The van der Waals surface area contributed by atoms with Crippen LogP contribution in [0.4, 0.5) is 4.79 Å². The lowest BCUT2D eigenvalue weighted by Gasteiger charge is -2.43. The number of cyclic esters (lactones) is 1. The van der Waals surface area contributed by atoms with Crippen LogP contribution in [0.5, 0.6) is 0 Å². The number of piperidine rings is 1. The fourth-order valence-electron chi connectivity index (χ4n) is 13.8. The van der Waals surface area contributed by atoms with Crippen LogP contribution >= 0.6 is 0 Å². The highest BCUT2D eigenvalue weighted by atomic mass is 16.6. The number of methoxy groups -OCH3 is 3. The highest BCUT2D eigenvalue weighted by Crippen LogP contribution is 2.39. The van der Waals surface area contributed by atoms with E-state index in [9.17, 15) is 39.3 Å². The Balaban J connectivity index is 1.12. The maximum Gasteiger partial charge on any atom is 0.407 e. The maximum absolute atomic E-state index is 14.7. The van der Waals surface area contributed by atoms with Crippen LogP contribution in [0.1, 0.15) is 139 Å². The first-order valence-corrected chi connectivity index (χ1v) is 31.8. The van der Waals surface area contributed by atoms with Crippen molar-refractivity contribution in [2.45, 2.75) is 212 Å². The second kappa shape index (κ2) is 34.2. The Morgan fingerprint density at radius 3 is 2.22 bits per heavy atom. The average Bonchev–Trinajstić information content (AvgIpc) is 4.31. The SMILES string of the molecule is CCN1C[C@@H]2C[C@H]1CN2CCOCCOCCNC(=O)O[C@@H]1CC[C@@H](C[C@@H](C)[C@@H]2C[C@@H](O)[C@H](C)/C=C(\C)[C@@H](O)[C@@H](OC)C(=O)[C@H](C)C[C@H](C)/C=C/C=C/C=C(\C)[C@@H](OC)C[C@@H]3CC[C@@H](C)[C@@](O)(O3)C(=O)C(=O)N3CCCC[C@H]3C(=O)O2)C[C@H]1OC. The van der Waals surface area contributed by atoms with Crippen molar-refractivity contribution >= 4 is 29.5 Å². The van der Waals surface area contributed by atoms with Crippen LogP contribution in [0, 0.1) is 35.5 Å². The second-order valence-electron chi connectivity index (χ2n) is 25.4. The maximum atomic E-state index is 14.7. The molecule has 20 heteroatoms. The predicted octanol–water partition coefficient (Wildman–Crippen LogP) is 6.52. The Labute approximate surface area is 506 Å². The van der Waals surface area contributed by atoms with E-state index in [0.29, 0.717) is 108 Å². The van der Waals surface area contributed by atoms with E-state index in [2.05, 4.69) is 22.0 Å². The third-order valence-corrected chi connectivity index (χ3v) is 19.2. The first-order valence-electron chi connectivity index (χ1n) is 31.8. The monoisotopic (exact) mass is 1200 g/mol. The molecule has 0 radical (unpaired) electrons. The first kappa shape index (κ1) is 70.2. The van der Waals surface area contributed by atoms with Crippen LogP contribution in [0.3, 0.4) is 0 Å². The number of rotatable bonds is 17. The van der Waals surface area contributed by atoms with Crippen LogP contribution in [0.15, 0.2) is 47.6 Å². The molecule has 5 heterocycles. The Morgan fingerprint density at radius 2 is 1.53 bits per heavy atom. The van der Waals surface area contributed by atoms with Gasteiger partial charge in [-0.05, 0) is 120 Å². The lowest BCUT2D eigenvalue weighted by atomic mass is 9.78. The summed E-state index contributed by atoms with van der Waals surface area (Å²) in [7, 11) is 4.56. The fourth-order valence-corrected chi connectivity index (χ4v) is 13.8. The van der Waals surface area contributed by atoms with Gasteiger partial charge in [0.05, 0.1) is 50.8 Å². The van der Waals surface area contributed by atoms with Gasteiger partial charge in [-0.15, -0.1) is 0 Å². The van der Waals surface area contributed by atoms with E-state index < -0.39 is 102 Å². The zero-order chi connectivity index (χ0) is 62.0. The number of Topliss-reactive ketones (excluding diaryl/α,β-unsaturated/α-hetero) is 2. The molecule has 4 bridgehead atoms. The van der Waals surface area contributed by atoms with E-state index in [1.54, 1.807) is 41.1 Å². The highest BCUT2D eigenvalue weighted by Gasteiger charge is 2.53. The normalized spacial score (nSPS) is 38.1. The third-order valence-electron chi connectivity index (χ3n) is 19.2. The summed E-state index contributed by atoms with van der Waals surface area (Å²) in [5.74, 6) is -7.66. The molecule has 85 heavy (non-hydrogen) atoms. The van der Waals surface area contributed by atoms with Crippen molar-refractivity contribution in [3.8, 4) is 0 Å². The smallest absolute Gasteiger partial charge is 0.407 e. The number of fused-ring (bicyclic) bond motifs is 5. The minimum absolute atomic E-state index is 0.0106. The van der Waals surface area contributed by atoms with Crippen molar-refractivity contribution in [1.29, 1.82) is 0 Å². The van der Waals surface area contributed by atoms with Gasteiger partial charge in [0, 0.05) is 96.7 Å². The molecule has 4 N–H and O–H groups in total. The number of piperazine rings is 1. The first-order chi connectivity index (χ1) is 40.6. The van der Waals surface area contributed by atoms with Gasteiger partial charge in [-0.3, -0.25) is 24.2 Å². The topological polar surface area (TPSA) is 242 Å². The van der Waals surface area contributed by atoms with E-state index in [1.165, 1.54) is 18.4 Å². The number of nitrogens with one attached hydrogen (secondary N) is 1. The predicted molar refractivity (Wildman–Crippen MR) is 321 cm³/mol. The summed E-state index contributed by atoms with van der Waals surface area (Å²) in [5, 5.41) is 38.5. The molecule has 6 aliphatic rings. The summed E-state index contributed by atoms with van der Waals surface area (Å²) in [5.41, 5.74) is 1.30. The Hall–Kier alpha value is -3.93. The van der Waals surface area contributed by atoms with Crippen LogP contribution in [-0.2, 0) is 57.1 Å². The van der Waals surface area contributed by atoms with Crippen molar-refractivity contribution in [2.75, 3.05) is 87.0 Å². The number of aliphatic hydroxyl groups excluding tert-OH is 2. The molecule has 20 nitrogen and oxygen atoms in total. The molecule has 2 amide bonds. The van der Waals surface area contributed by atoms with Crippen molar-refractivity contribution in [2.24, 2.45) is 35.5 Å². The minimum atomic E-state index is -2.45. The second-order valence-corrected chi connectivity index (χ2v) is 25.4. The molecule has 5 aliphatic heterocycles. The van der Waals surface area contributed by atoms with Crippen LogP contribution < -0.4 is 5.32 Å². The number of hydrogen-bond donors (Lipinski definition) is 4. The van der Waals surface area contributed by atoms with E-state index in [1.807, 2.05) is 58.1 Å². The summed E-state index contributed by atoms with van der Waals surface area (Å²) < 4.78 is 47.5. The zero-order valence-electron chi connectivity index (χ0n) is 53.0. The van der Waals surface area contributed by atoms with Gasteiger partial charge in [0.2, 0.25) is 5.79 Å². The Kier molecular flexibility index (Phi) is 28.2. The summed E-state index contributed by atoms with van der Waals surface area (Å²) in [6, 6.07) is 0.157. The summed E-state index contributed by atoms with van der Waals surface area (Å²) in [4.78, 5) is 76.7. The number of aliphatic hydroxyl groups is 3. The Morgan fingerprint density at radius 1 is 0.800 bits per heavy atom. The average molecular weight is 1200 g/mol. The van der Waals surface area contributed by atoms with Crippen LogP contribution in [0.25, 0.3) is 0 Å². The number of hydrogen-bond acceptors (Lipinski definition) is 18. The summed E-state index contributed by atoms with van der Waals surface area (Å²) >= 11 is 0. The number of likely N-dealkylation sites (tertiary alicyclic amines) is 2. The molecule has 482 valence electrons. The van der Waals surface area contributed by atoms with Gasteiger partial charge in [0.15, 0.2) is 5.78 Å². The number of carbonyl (C=O) groups excluding carboxylic acids is 5. The van der Waals surface area contributed by atoms with E-state index in [-0.39, 0.29) is 49.5 Å². The number of allylic oxidation sites excluding steroid dienone is 5. The zero-order valence-corrected chi connectivity index (χ0v) is 53.0. The van der Waals surface area contributed by atoms with Gasteiger partial charge in [0.1, 0.15) is 30.5 Å². The molecule has 0 aromatic rings. The number of ether oxygens (including phenoxy) is 8. The van der Waals surface area contributed by atoms with Gasteiger partial charge in [-0.2, -0.15) is 0 Å². The molecule has 1 aliphatic carbocycles. The summed E-state index contributed by atoms with van der Waals surface area (Å²) in [6.07, 6.45) is 10.8. The lowest BCUT2D eigenvalue weighted by molar-refractivity contribution is -0.265. The van der Waals surface area contributed by atoms with E-state index in [4.69, 9.17) is 37.9 Å². The fraction of sp³-hybridized carbons (Fsp3) is 0.800. The molecular weight excluding hydrogens is 1090 g/mol. The van der Waals surface area contributed by atoms with Crippen LogP contribution in [-0.4, -0.2) is 219 Å². The number of likely N-dealkylation sites (N-methyl/N-ethyl adjacent to an activating group) is 1. The molecule has 4 saturated heterocycles. The quantitative estimate of drug-likeness (QED) is 0.0525. The number of esters is 1. The van der Waals surface area contributed by atoms with Crippen molar-refractivity contribution in [3.63, 3.8) is 0 Å². The number of alkyl carbamates (subject to hydrolysis) is 1. The molecular formula is C65H106N4O16. The third kappa shape index (κ3) is 19.5. The van der Waals surface area contributed by atoms with E-state index >= 15 is 0 Å². The molecule has 0 aromatic carbocycles. The molecule has 18 atom stereocenters. The van der Waals surface area contributed by atoms with Gasteiger partial charge < -0.3 is 63.4 Å². The lowest BCUT2D eigenvalue weighted by Crippen LogP contribution is -2.61. The molecule has 0 aromatic heterocycles.